The summed E-state index contributed by atoms with van der Waals surface area (Å²) in [6.45, 7) is 11.7. The Hall–Kier alpha value is -0.540. The van der Waals surface area contributed by atoms with Crippen LogP contribution in [0.4, 0.5) is 5.69 Å². The van der Waals surface area contributed by atoms with Crippen LogP contribution in [0.25, 0.3) is 0 Å². The predicted octanol–water partition coefficient (Wildman–Crippen LogP) is 4.68. The molecule has 0 amide bonds. The van der Waals surface area contributed by atoms with Gasteiger partial charge < -0.3 is 10.1 Å². The molecule has 2 atom stereocenters. The minimum absolute atomic E-state index is 0.199. The maximum Gasteiger partial charge on any atom is 0.0665 e. The zero-order chi connectivity index (χ0) is 14.2. The first-order chi connectivity index (χ1) is 8.86. The highest BCUT2D eigenvalue weighted by atomic mass is 79.9. The topological polar surface area (TPSA) is 21.3 Å². The standard InChI is InChI=1S/C16H24BrNO/c1-6-19-14-9-13(16(14,4)5)18-12-7-10(2)15(17)11(3)8-12/h7-8,13-14,18H,6,9H2,1-5H3. The molecule has 0 bridgehead atoms. The Morgan fingerprint density at radius 1 is 1.32 bits per heavy atom. The molecule has 2 nitrogen and oxygen atoms in total. The van der Waals surface area contributed by atoms with Gasteiger partial charge in [-0.25, -0.2) is 0 Å². The average Bonchev–Trinajstić information content (AvgIpc) is 2.34. The van der Waals surface area contributed by atoms with Crippen LogP contribution < -0.4 is 5.32 Å². The van der Waals surface area contributed by atoms with E-state index in [-0.39, 0.29) is 5.41 Å². The first-order valence-electron chi connectivity index (χ1n) is 7.01. The van der Waals surface area contributed by atoms with Crippen molar-refractivity contribution >= 4 is 21.6 Å². The molecule has 0 aliphatic heterocycles. The van der Waals surface area contributed by atoms with Crippen molar-refractivity contribution in [2.45, 2.75) is 53.2 Å². The summed E-state index contributed by atoms with van der Waals surface area (Å²) in [4.78, 5) is 0. The van der Waals surface area contributed by atoms with Crippen LogP contribution in [0.5, 0.6) is 0 Å². The smallest absolute Gasteiger partial charge is 0.0665 e. The number of hydrogen-bond acceptors (Lipinski definition) is 2. The number of halogens is 1. The quantitative estimate of drug-likeness (QED) is 0.867. The minimum atomic E-state index is 0.199. The van der Waals surface area contributed by atoms with Gasteiger partial charge in [0.05, 0.1) is 6.10 Å². The van der Waals surface area contributed by atoms with Crippen molar-refractivity contribution in [2.75, 3.05) is 11.9 Å². The van der Waals surface area contributed by atoms with E-state index in [0.29, 0.717) is 12.1 Å². The van der Waals surface area contributed by atoms with Crippen LogP contribution in [0.3, 0.4) is 0 Å². The maximum atomic E-state index is 5.78. The number of aryl methyl sites for hydroxylation is 2. The highest BCUT2D eigenvalue weighted by Gasteiger charge is 2.48. The monoisotopic (exact) mass is 325 g/mol. The fourth-order valence-corrected chi connectivity index (χ4v) is 3.07. The van der Waals surface area contributed by atoms with E-state index in [0.717, 1.165) is 13.0 Å². The molecule has 19 heavy (non-hydrogen) atoms. The van der Waals surface area contributed by atoms with Crippen LogP contribution in [0, 0.1) is 19.3 Å². The lowest BCUT2D eigenvalue weighted by Crippen LogP contribution is -2.58. The van der Waals surface area contributed by atoms with E-state index in [4.69, 9.17) is 4.74 Å². The molecule has 1 N–H and O–H groups in total. The molecule has 3 heteroatoms. The summed E-state index contributed by atoms with van der Waals surface area (Å²) >= 11 is 3.62. The molecule has 0 aromatic heterocycles. The Kier molecular flexibility index (Phi) is 4.26. The summed E-state index contributed by atoms with van der Waals surface area (Å²) in [6.07, 6.45) is 1.47. The highest BCUT2D eigenvalue weighted by molar-refractivity contribution is 9.10. The van der Waals surface area contributed by atoms with Crippen molar-refractivity contribution < 1.29 is 4.74 Å². The van der Waals surface area contributed by atoms with Crippen molar-refractivity contribution in [2.24, 2.45) is 5.41 Å². The van der Waals surface area contributed by atoms with Crippen LogP contribution in [0.1, 0.15) is 38.3 Å². The predicted molar refractivity (Wildman–Crippen MR) is 84.8 cm³/mol. The Balaban J connectivity index is 2.07. The molecule has 1 fully saturated rings. The van der Waals surface area contributed by atoms with Gasteiger partial charge in [-0.2, -0.15) is 0 Å². The molecule has 0 heterocycles. The normalized spacial score (nSPS) is 24.9. The van der Waals surface area contributed by atoms with Crippen LogP contribution in [0.15, 0.2) is 16.6 Å². The summed E-state index contributed by atoms with van der Waals surface area (Å²) in [5, 5.41) is 3.67. The number of hydrogen-bond donors (Lipinski definition) is 1. The molecule has 1 aromatic rings. The maximum absolute atomic E-state index is 5.78. The fraction of sp³-hybridized carbons (Fsp3) is 0.625. The third kappa shape index (κ3) is 2.82. The third-order valence-corrected chi connectivity index (χ3v) is 5.57. The fourth-order valence-electron chi connectivity index (χ4n) is 2.84. The summed E-state index contributed by atoms with van der Waals surface area (Å²) in [6, 6.07) is 4.91. The largest absolute Gasteiger partial charge is 0.382 e. The number of rotatable bonds is 4. The lowest BCUT2D eigenvalue weighted by molar-refractivity contribution is -0.0975. The van der Waals surface area contributed by atoms with Crippen molar-refractivity contribution in [3.8, 4) is 0 Å². The molecule has 0 spiro atoms. The molecule has 0 radical (unpaired) electrons. The van der Waals surface area contributed by atoms with E-state index in [1.54, 1.807) is 0 Å². The second-order valence-corrected chi connectivity index (χ2v) is 6.91. The molecule has 1 aromatic carbocycles. The van der Waals surface area contributed by atoms with Gasteiger partial charge in [0.15, 0.2) is 0 Å². The summed E-state index contributed by atoms with van der Waals surface area (Å²) in [5.74, 6) is 0. The zero-order valence-electron chi connectivity index (χ0n) is 12.5. The first kappa shape index (κ1) is 14.9. The Bertz CT molecular complexity index is 447. The van der Waals surface area contributed by atoms with E-state index in [1.807, 2.05) is 0 Å². The molecule has 2 unspecified atom stereocenters. The van der Waals surface area contributed by atoms with Gasteiger partial charge in [-0.15, -0.1) is 0 Å². The van der Waals surface area contributed by atoms with Crippen LogP contribution in [-0.2, 0) is 4.74 Å². The van der Waals surface area contributed by atoms with Gasteiger partial charge in [-0.1, -0.05) is 29.8 Å². The summed E-state index contributed by atoms with van der Waals surface area (Å²) in [5.41, 5.74) is 3.97. The van der Waals surface area contributed by atoms with Crippen molar-refractivity contribution in [1.82, 2.24) is 0 Å². The van der Waals surface area contributed by atoms with Crippen LogP contribution >= 0.6 is 15.9 Å². The molecule has 0 saturated heterocycles. The average molecular weight is 326 g/mol. The second kappa shape index (κ2) is 5.45. The van der Waals surface area contributed by atoms with E-state index in [1.165, 1.54) is 21.3 Å². The number of anilines is 1. The Morgan fingerprint density at radius 2 is 1.89 bits per heavy atom. The molecule has 2 rings (SSSR count). The van der Waals surface area contributed by atoms with Crippen molar-refractivity contribution in [1.29, 1.82) is 0 Å². The van der Waals surface area contributed by atoms with Crippen LogP contribution in [0.2, 0.25) is 0 Å². The van der Waals surface area contributed by atoms with Gasteiger partial charge in [0.1, 0.15) is 0 Å². The first-order valence-corrected chi connectivity index (χ1v) is 7.80. The van der Waals surface area contributed by atoms with E-state index < -0.39 is 0 Å². The SMILES string of the molecule is CCOC1CC(Nc2cc(C)c(Br)c(C)c2)C1(C)C. The van der Waals surface area contributed by atoms with Crippen molar-refractivity contribution in [3.63, 3.8) is 0 Å². The third-order valence-electron chi connectivity index (χ3n) is 4.32. The van der Waals surface area contributed by atoms with Gasteiger partial charge in [-0.05, 0) is 50.5 Å². The highest BCUT2D eigenvalue weighted by Crippen LogP contribution is 2.44. The Labute approximate surface area is 125 Å². The molecule has 1 aliphatic rings. The molecule has 106 valence electrons. The van der Waals surface area contributed by atoms with E-state index in [9.17, 15) is 0 Å². The van der Waals surface area contributed by atoms with Gasteiger partial charge in [0.2, 0.25) is 0 Å². The summed E-state index contributed by atoms with van der Waals surface area (Å²) < 4.78 is 6.99. The molecular weight excluding hydrogens is 302 g/mol. The Morgan fingerprint density at radius 3 is 2.37 bits per heavy atom. The number of ether oxygens (including phenoxy) is 1. The lowest BCUT2D eigenvalue weighted by atomic mass is 9.64. The zero-order valence-corrected chi connectivity index (χ0v) is 14.1. The van der Waals surface area contributed by atoms with Gasteiger partial charge >= 0.3 is 0 Å². The van der Waals surface area contributed by atoms with E-state index >= 15 is 0 Å². The second-order valence-electron chi connectivity index (χ2n) is 6.12. The van der Waals surface area contributed by atoms with Gasteiger partial charge in [0.25, 0.3) is 0 Å². The number of benzene rings is 1. The minimum Gasteiger partial charge on any atom is -0.382 e. The molecule has 1 saturated carbocycles. The lowest BCUT2D eigenvalue weighted by Gasteiger charge is -2.52. The van der Waals surface area contributed by atoms with Crippen molar-refractivity contribution in [3.05, 3.63) is 27.7 Å². The summed E-state index contributed by atoms with van der Waals surface area (Å²) in [7, 11) is 0. The van der Waals surface area contributed by atoms with Crippen LogP contribution in [-0.4, -0.2) is 18.8 Å². The number of nitrogens with one attached hydrogen (secondary N) is 1. The van der Waals surface area contributed by atoms with Gasteiger partial charge in [0, 0.05) is 28.2 Å². The van der Waals surface area contributed by atoms with Gasteiger partial charge in [-0.3, -0.25) is 0 Å². The molecule has 1 aliphatic carbocycles. The van der Waals surface area contributed by atoms with E-state index in [2.05, 4.69) is 68.0 Å². The molecular formula is C16H24BrNO.